The van der Waals surface area contributed by atoms with Gasteiger partial charge < -0.3 is 16.0 Å². The van der Waals surface area contributed by atoms with Crippen molar-refractivity contribution in [1.82, 2.24) is 9.80 Å². The Morgan fingerprint density at radius 1 is 0.763 bits per heavy atom. The highest BCUT2D eigenvalue weighted by molar-refractivity contribution is 5.96. The molecule has 2 heterocycles. The summed E-state index contributed by atoms with van der Waals surface area (Å²) in [7, 11) is 0. The molecule has 0 atom stereocenters. The molecule has 2 saturated heterocycles. The summed E-state index contributed by atoms with van der Waals surface area (Å²) in [5, 5.41) is 3.22. The predicted octanol–water partition coefficient (Wildman–Crippen LogP) is 4.23. The second-order valence-electron chi connectivity index (χ2n) is 10.8. The van der Waals surface area contributed by atoms with E-state index in [2.05, 4.69) is 86.7 Å². The van der Waals surface area contributed by atoms with Crippen molar-refractivity contribution in [2.24, 2.45) is 11.1 Å². The predicted molar refractivity (Wildman–Crippen MR) is 156 cm³/mol. The quantitative estimate of drug-likeness (QED) is 0.450. The van der Waals surface area contributed by atoms with Crippen molar-refractivity contribution in [3.05, 3.63) is 96.1 Å². The van der Waals surface area contributed by atoms with Crippen molar-refractivity contribution in [3.63, 3.8) is 0 Å². The van der Waals surface area contributed by atoms with Crippen LogP contribution >= 0.6 is 0 Å². The first-order valence-electron chi connectivity index (χ1n) is 14.0. The fourth-order valence-corrected chi connectivity index (χ4v) is 5.71. The molecular formula is C32H41N5O. The number of piperidine rings is 1. The number of nitrogens with two attached hydrogens (primary N) is 1. The van der Waals surface area contributed by atoms with Gasteiger partial charge in [0, 0.05) is 57.2 Å². The Morgan fingerprint density at radius 3 is 2.08 bits per heavy atom. The fraction of sp³-hybridized carbons (Fsp3) is 0.406. The number of benzene rings is 3. The van der Waals surface area contributed by atoms with Crippen molar-refractivity contribution in [2.75, 3.05) is 62.6 Å². The van der Waals surface area contributed by atoms with Crippen LogP contribution in [0.1, 0.15) is 24.0 Å². The van der Waals surface area contributed by atoms with Crippen molar-refractivity contribution in [1.29, 1.82) is 0 Å². The topological polar surface area (TPSA) is 64.8 Å². The van der Waals surface area contributed by atoms with E-state index in [0.29, 0.717) is 6.54 Å². The first-order chi connectivity index (χ1) is 18.6. The molecule has 0 bridgehead atoms. The standard InChI is InChI=1S/C32H41N5O/c33-26-32(15-18-36(19-16-32)25-28-10-5-2-6-11-28)31(38)34-29-12-7-13-30(24-29)37-22-20-35(21-23-37)17-14-27-8-3-1-4-9-27/h1-13,24H,14-23,25-26,33H2,(H,34,38). The average Bonchev–Trinajstić information content (AvgIpc) is 2.98. The Kier molecular flexibility index (Phi) is 8.74. The number of hydrogen-bond acceptors (Lipinski definition) is 5. The number of carbonyl (C=O) groups is 1. The number of rotatable bonds is 9. The minimum Gasteiger partial charge on any atom is -0.369 e. The molecule has 3 aromatic rings. The third-order valence-electron chi connectivity index (χ3n) is 8.34. The zero-order valence-corrected chi connectivity index (χ0v) is 22.4. The number of likely N-dealkylation sites (tertiary alicyclic amines) is 1. The number of nitrogens with one attached hydrogen (secondary N) is 1. The maximum atomic E-state index is 13.5. The summed E-state index contributed by atoms with van der Waals surface area (Å²) < 4.78 is 0. The van der Waals surface area contributed by atoms with E-state index in [1.54, 1.807) is 0 Å². The summed E-state index contributed by atoms with van der Waals surface area (Å²) >= 11 is 0. The van der Waals surface area contributed by atoms with Crippen LogP contribution in [0.5, 0.6) is 0 Å². The first kappa shape index (κ1) is 26.4. The lowest BCUT2D eigenvalue weighted by atomic mass is 9.77. The van der Waals surface area contributed by atoms with E-state index in [4.69, 9.17) is 5.73 Å². The third-order valence-corrected chi connectivity index (χ3v) is 8.34. The average molecular weight is 512 g/mol. The number of hydrogen-bond donors (Lipinski definition) is 2. The molecule has 2 aliphatic heterocycles. The van der Waals surface area contributed by atoms with Crippen LogP contribution in [0.4, 0.5) is 11.4 Å². The van der Waals surface area contributed by atoms with E-state index in [1.165, 1.54) is 16.8 Å². The van der Waals surface area contributed by atoms with Crippen LogP contribution in [-0.4, -0.2) is 68.1 Å². The van der Waals surface area contributed by atoms with E-state index in [1.807, 2.05) is 18.2 Å². The molecule has 3 aromatic carbocycles. The van der Waals surface area contributed by atoms with Gasteiger partial charge in [-0.05, 0) is 61.7 Å². The monoisotopic (exact) mass is 511 g/mol. The van der Waals surface area contributed by atoms with Crippen LogP contribution in [-0.2, 0) is 17.8 Å². The van der Waals surface area contributed by atoms with E-state index in [-0.39, 0.29) is 5.91 Å². The van der Waals surface area contributed by atoms with Crippen LogP contribution in [0, 0.1) is 5.41 Å². The van der Waals surface area contributed by atoms with Gasteiger partial charge in [0.2, 0.25) is 5.91 Å². The van der Waals surface area contributed by atoms with Gasteiger partial charge in [-0.15, -0.1) is 0 Å². The molecule has 0 spiro atoms. The molecule has 6 nitrogen and oxygen atoms in total. The van der Waals surface area contributed by atoms with Crippen LogP contribution in [0.3, 0.4) is 0 Å². The second kappa shape index (κ2) is 12.6. The molecule has 2 aliphatic rings. The number of carbonyl (C=O) groups excluding carboxylic acids is 1. The van der Waals surface area contributed by atoms with Gasteiger partial charge in [-0.1, -0.05) is 66.7 Å². The summed E-state index contributed by atoms with van der Waals surface area (Å²) in [5.41, 5.74) is 10.5. The lowest BCUT2D eigenvalue weighted by Crippen LogP contribution is -2.50. The molecule has 3 N–H and O–H groups in total. The smallest absolute Gasteiger partial charge is 0.231 e. The fourth-order valence-electron chi connectivity index (χ4n) is 5.71. The summed E-state index contributed by atoms with van der Waals surface area (Å²) in [4.78, 5) is 20.9. The molecule has 6 heteroatoms. The molecule has 2 fully saturated rings. The molecule has 0 radical (unpaired) electrons. The molecule has 0 saturated carbocycles. The number of nitrogens with zero attached hydrogens (tertiary/aromatic N) is 3. The van der Waals surface area contributed by atoms with Gasteiger partial charge in [-0.3, -0.25) is 14.6 Å². The normalized spacial score (nSPS) is 18.3. The molecule has 1 amide bonds. The second-order valence-corrected chi connectivity index (χ2v) is 10.8. The minimum atomic E-state index is -0.506. The van der Waals surface area contributed by atoms with Gasteiger partial charge in [0.05, 0.1) is 5.41 Å². The van der Waals surface area contributed by atoms with E-state index < -0.39 is 5.41 Å². The van der Waals surface area contributed by atoms with Gasteiger partial charge in [-0.25, -0.2) is 0 Å². The highest BCUT2D eigenvalue weighted by atomic mass is 16.2. The maximum Gasteiger partial charge on any atom is 0.231 e. The van der Waals surface area contributed by atoms with Gasteiger partial charge in [0.15, 0.2) is 0 Å². The Labute approximate surface area is 227 Å². The van der Waals surface area contributed by atoms with Crippen LogP contribution < -0.4 is 16.0 Å². The Hall–Kier alpha value is -3.19. The highest BCUT2D eigenvalue weighted by Crippen LogP contribution is 2.33. The van der Waals surface area contributed by atoms with Crippen molar-refractivity contribution < 1.29 is 4.79 Å². The lowest BCUT2D eigenvalue weighted by Gasteiger charge is -2.40. The maximum absolute atomic E-state index is 13.5. The Morgan fingerprint density at radius 2 is 1.42 bits per heavy atom. The Bertz CT molecular complexity index is 1150. The number of amides is 1. The summed E-state index contributed by atoms with van der Waals surface area (Å²) in [6, 6.07) is 29.6. The van der Waals surface area contributed by atoms with E-state index >= 15 is 0 Å². The molecule has 0 aliphatic carbocycles. The van der Waals surface area contributed by atoms with Crippen molar-refractivity contribution in [3.8, 4) is 0 Å². The van der Waals surface area contributed by atoms with Gasteiger partial charge >= 0.3 is 0 Å². The molecular weight excluding hydrogens is 470 g/mol. The lowest BCUT2D eigenvalue weighted by molar-refractivity contribution is -0.127. The molecule has 0 unspecified atom stereocenters. The molecule has 5 rings (SSSR count). The largest absolute Gasteiger partial charge is 0.369 e. The SMILES string of the molecule is NCC1(C(=O)Nc2cccc(N3CCN(CCc4ccccc4)CC3)c2)CCN(Cc2ccccc2)CC1. The molecule has 38 heavy (non-hydrogen) atoms. The minimum absolute atomic E-state index is 0.0576. The van der Waals surface area contributed by atoms with E-state index in [9.17, 15) is 4.79 Å². The summed E-state index contributed by atoms with van der Waals surface area (Å²) in [5.74, 6) is 0.0576. The van der Waals surface area contributed by atoms with Crippen LogP contribution in [0.2, 0.25) is 0 Å². The first-order valence-corrected chi connectivity index (χ1v) is 14.0. The Balaban J connectivity index is 1.12. The van der Waals surface area contributed by atoms with Crippen molar-refractivity contribution >= 4 is 17.3 Å². The highest BCUT2D eigenvalue weighted by Gasteiger charge is 2.40. The van der Waals surface area contributed by atoms with Crippen LogP contribution in [0.25, 0.3) is 0 Å². The summed E-state index contributed by atoms with van der Waals surface area (Å²) in [6.07, 6.45) is 2.66. The van der Waals surface area contributed by atoms with Gasteiger partial charge in [0.25, 0.3) is 0 Å². The third kappa shape index (κ3) is 6.62. The zero-order chi connectivity index (χ0) is 26.2. The van der Waals surface area contributed by atoms with Gasteiger partial charge in [0.1, 0.15) is 0 Å². The number of piperazine rings is 1. The van der Waals surface area contributed by atoms with Crippen LogP contribution in [0.15, 0.2) is 84.9 Å². The molecule has 200 valence electrons. The van der Waals surface area contributed by atoms with Gasteiger partial charge in [-0.2, -0.15) is 0 Å². The zero-order valence-electron chi connectivity index (χ0n) is 22.4. The number of anilines is 2. The molecule has 0 aromatic heterocycles. The summed E-state index contributed by atoms with van der Waals surface area (Å²) in [6.45, 7) is 8.26. The van der Waals surface area contributed by atoms with E-state index in [0.717, 1.165) is 77.3 Å². The van der Waals surface area contributed by atoms with Crippen molar-refractivity contribution in [2.45, 2.75) is 25.8 Å².